The summed E-state index contributed by atoms with van der Waals surface area (Å²) in [5.41, 5.74) is 5.57. The van der Waals surface area contributed by atoms with E-state index in [0.717, 1.165) is 25.0 Å². The molecule has 2 rings (SSSR count). The molecule has 0 saturated heterocycles. The van der Waals surface area contributed by atoms with E-state index in [0.29, 0.717) is 6.54 Å². The predicted molar refractivity (Wildman–Crippen MR) is 54.5 cm³/mol. The van der Waals surface area contributed by atoms with Crippen molar-refractivity contribution >= 4 is 0 Å². The first-order valence-electron chi connectivity index (χ1n) is 5.10. The summed E-state index contributed by atoms with van der Waals surface area (Å²) in [5.74, 6) is 0.896. The molecule has 1 heterocycles. The van der Waals surface area contributed by atoms with Crippen LogP contribution in [0.4, 0.5) is 0 Å². The highest BCUT2D eigenvalue weighted by Crippen LogP contribution is 2.27. The van der Waals surface area contributed by atoms with Gasteiger partial charge in [-0.3, -0.25) is 4.90 Å². The van der Waals surface area contributed by atoms with Gasteiger partial charge in [0.05, 0.1) is 6.54 Å². The van der Waals surface area contributed by atoms with Crippen molar-refractivity contribution in [2.24, 2.45) is 5.73 Å². The lowest BCUT2D eigenvalue weighted by molar-refractivity contribution is 0.255. The first-order chi connectivity index (χ1) is 6.90. The van der Waals surface area contributed by atoms with E-state index in [4.69, 9.17) is 5.73 Å². The van der Waals surface area contributed by atoms with Crippen LogP contribution in [0.25, 0.3) is 0 Å². The van der Waals surface area contributed by atoms with E-state index in [-0.39, 0.29) is 0 Å². The zero-order chi connectivity index (χ0) is 9.80. The van der Waals surface area contributed by atoms with Gasteiger partial charge in [-0.25, -0.2) is 9.97 Å². The van der Waals surface area contributed by atoms with Crippen molar-refractivity contribution in [1.29, 1.82) is 0 Å². The third-order valence-electron chi connectivity index (χ3n) is 2.44. The molecular formula is C10H16N4. The minimum absolute atomic E-state index is 0.712. The van der Waals surface area contributed by atoms with Crippen LogP contribution in [0.1, 0.15) is 18.7 Å². The van der Waals surface area contributed by atoms with Crippen molar-refractivity contribution in [1.82, 2.24) is 14.9 Å². The molecular weight excluding hydrogens is 176 g/mol. The Balaban J connectivity index is 1.93. The fourth-order valence-electron chi connectivity index (χ4n) is 1.59. The first kappa shape index (κ1) is 9.55. The number of nitrogens with two attached hydrogens (primary N) is 1. The Morgan fingerprint density at radius 2 is 2.07 bits per heavy atom. The van der Waals surface area contributed by atoms with Crippen molar-refractivity contribution in [3.8, 4) is 0 Å². The lowest BCUT2D eigenvalue weighted by atomic mass is 10.4. The van der Waals surface area contributed by atoms with Crippen LogP contribution < -0.4 is 5.73 Å². The summed E-state index contributed by atoms with van der Waals surface area (Å²) >= 11 is 0. The number of nitrogens with zero attached hydrogens (tertiary/aromatic N) is 3. The Hall–Kier alpha value is -1.00. The van der Waals surface area contributed by atoms with E-state index in [1.807, 2.05) is 6.07 Å². The minimum Gasteiger partial charge on any atom is -0.329 e. The molecule has 0 spiro atoms. The lowest BCUT2D eigenvalue weighted by Gasteiger charge is -2.19. The Morgan fingerprint density at radius 3 is 2.64 bits per heavy atom. The second-order valence-electron chi connectivity index (χ2n) is 3.66. The Labute approximate surface area is 84.2 Å². The number of hydrogen-bond donors (Lipinski definition) is 1. The molecule has 4 nitrogen and oxygen atoms in total. The van der Waals surface area contributed by atoms with Crippen molar-refractivity contribution in [2.45, 2.75) is 25.4 Å². The van der Waals surface area contributed by atoms with Gasteiger partial charge in [-0.15, -0.1) is 0 Å². The number of hydrogen-bond acceptors (Lipinski definition) is 4. The van der Waals surface area contributed by atoms with Gasteiger partial charge in [-0.2, -0.15) is 0 Å². The van der Waals surface area contributed by atoms with Crippen LogP contribution in [0, 0.1) is 0 Å². The fourth-order valence-corrected chi connectivity index (χ4v) is 1.59. The molecule has 1 aliphatic carbocycles. The molecule has 2 N–H and O–H groups in total. The van der Waals surface area contributed by atoms with Crippen molar-refractivity contribution in [3.05, 3.63) is 24.3 Å². The zero-order valence-corrected chi connectivity index (χ0v) is 8.26. The summed E-state index contributed by atoms with van der Waals surface area (Å²) in [6.45, 7) is 2.50. The van der Waals surface area contributed by atoms with Crippen LogP contribution >= 0.6 is 0 Å². The van der Waals surface area contributed by atoms with E-state index in [1.54, 1.807) is 12.4 Å². The standard InChI is InChI=1S/C10H16N4/c11-4-7-14(9-2-3-9)8-10-12-5-1-6-13-10/h1,5-6,9H,2-4,7-8,11H2. The second-order valence-corrected chi connectivity index (χ2v) is 3.66. The molecule has 0 radical (unpaired) electrons. The topological polar surface area (TPSA) is 55.0 Å². The molecule has 76 valence electrons. The molecule has 4 heteroatoms. The Kier molecular flexibility index (Phi) is 3.06. The fraction of sp³-hybridized carbons (Fsp3) is 0.600. The second kappa shape index (κ2) is 4.48. The van der Waals surface area contributed by atoms with Crippen LogP contribution in [0.15, 0.2) is 18.5 Å². The molecule has 1 aromatic rings. The van der Waals surface area contributed by atoms with Gasteiger partial charge in [0.25, 0.3) is 0 Å². The summed E-state index contributed by atoms with van der Waals surface area (Å²) < 4.78 is 0. The first-order valence-corrected chi connectivity index (χ1v) is 5.10. The van der Waals surface area contributed by atoms with Gasteiger partial charge in [0.1, 0.15) is 5.82 Å². The third-order valence-corrected chi connectivity index (χ3v) is 2.44. The maximum atomic E-state index is 5.57. The average Bonchev–Trinajstić information content (AvgIpc) is 3.02. The highest BCUT2D eigenvalue weighted by atomic mass is 15.2. The molecule has 0 aliphatic heterocycles. The Bertz CT molecular complexity index is 271. The lowest BCUT2D eigenvalue weighted by Crippen LogP contribution is -2.31. The van der Waals surface area contributed by atoms with Gasteiger partial charge in [0.2, 0.25) is 0 Å². The summed E-state index contributed by atoms with van der Waals surface area (Å²) in [5, 5.41) is 0. The van der Waals surface area contributed by atoms with E-state index in [2.05, 4.69) is 14.9 Å². The van der Waals surface area contributed by atoms with Crippen molar-refractivity contribution in [2.75, 3.05) is 13.1 Å². The van der Waals surface area contributed by atoms with Gasteiger partial charge in [0, 0.05) is 31.5 Å². The summed E-state index contributed by atoms with van der Waals surface area (Å²) in [7, 11) is 0. The summed E-state index contributed by atoms with van der Waals surface area (Å²) in [4.78, 5) is 10.8. The molecule has 0 atom stereocenters. The van der Waals surface area contributed by atoms with E-state index < -0.39 is 0 Å². The molecule has 1 aromatic heterocycles. The molecule has 0 unspecified atom stereocenters. The van der Waals surface area contributed by atoms with E-state index >= 15 is 0 Å². The summed E-state index contributed by atoms with van der Waals surface area (Å²) in [6, 6.07) is 2.57. The zero-order valence-electron chi connectivity index (χ0n) is 8.26. The van der Waals surface area contributed by atoms with E-state index in [1.165, 1.54) is 12.8 Å². The number of rotatable bonds is 5. The quantitative estimate of drug-likeness (QED) is 0.733. The highest BCUT2D eigenvalue weighted by molar-refractivity contribution is 4.92. The monoisotopic (exact) mass is 192 g/mol. The average molecular weight is 192 g/mol. The van der Waals surface area contributed by atoms with Crippen LogP contribution in [-0.2, 0) is 6.54 Å². The van der Waals surface area contributed by atoms with Gasteiger partial charge < -0.3 is 5.73 Å². The smallest absolute Gasteiger partial charge is 0.142 e. The molecule has 1 saturated carbocycles. The van der Waals surface area contributed by atoms with Gasteiger partial charge >= 0.3 is 0 Å². The minimum atomic E-state index is 0.712. The molecule has 0 bridgehead atoms. The van der Waals surface area contributed by atoms with Crippen molar-refractivity contribution in [3.63, 3.8) is 0 Å². The SMILES string of the molecule is NCCN(Cc1ncccn1)C1CC1. The molecule has 1 fully saturated rings. The summed E-state index contributed by atoms with van der Waals surface area (Å²) in [6.07, 6.45) is 6.17. The molecule has 1 aliphatic rings. The predicted octanol–water partition coefficient (Wildman–Crippen LogP) is 0.400. The normalized spacial score (nSPS) is 16.1. The molecule has 0 amide bonds. The van der Waals surface area contributed by atoms with Crippen LogP contribution in [0.2, 0.25) is 0 Å². The Morgan fingerprint density at radius 1 is 1.36 bits per heavy atom. The van der Waals surface area contributed by atoms with Crippen LogP contribution in [0.3, 0.4) is 0 Å². The van der Waals surface area contributed by atoms with E-state index in [9.17, 15) is 0 Å². The van der Waals surface area contributed by atoms with Gasteiger partial charge in [-0.1, -0.05) is 0 Å². The van der Waals surface area contributed by atoms with Crippen LogP contribution in [-0.4, -0.2) is 34.0 Å². The third kappa shape index (κ3) is 2.49. The van der Waals surface area contributed by atoms with Gasteiger partial charge in [0.15, 0.2) is 0 Å². The maximum absolute atomic E-state index is 5.57. The maximum Gasteiger partial charge on any atom is 0.142 e. The highest BCUT2D eigenvalue weighted by Gasteiger charge is 2.28. The van der Waals surface area contributed by atoms with Crippen molar-refractivity contribution < 1.29 is 0 Å². The van der Waals surface area contributed by atoms with Gasteiger partial charge in [-0.05, 0) is 18.9 Å². The number of aromatic nitrogens is 2. The van der Waals surface area contributed by atoms with Crippen LogP contribution in [0.5, 0.6) is 0 Å². The largest absolute Gasteiger partial charge is 0.329 e. The molecule has 0 aromatic carbocycles. The molecule has 14 heavy (non-hydrogen) atoms.